The molecule has 0 aliphatic heterocycles. The first-order chi connectivity index (χ1) is 8.58. The second-order valence-electron chi connectivity index (χ2n) is 4.17. The second kappa shape index (κ2) is 8.24. The lowest BCUT2D eigenvalue weighted by Gasteiger charge is -2.10. The number of aliphatic hydroxyl groups excluding tert-OH is 1. The Hall–Kier alpha value is -0.910. The Labute approximate surface area is 115 Å². The van der Waals surface area contributed by atoms with Gasteiger partial charge in [-0.2, -0.15) is 0 Å². The highest BCUT2D eigenvalue weighted by Gasteiger charge is 2.06. The van der Waals surface area contributed by atoms with Crippen molar-refractivity contribution in [3.63, 3.8) is 0 Å². The zero-order valence-corrected chi connectivity index (χ0v) is 11.7. The van der Waals surface area contributed by atoms with Gasteiger partial charge in [0.1, 0.15) is 0 Å². The maximum absolute atomic E-state index is 10.3. The van der Waals surface area contributed by atoms with Gasteiger partial charge < -0.3 is 15.5 Å². The van der Waals surface area contributed by atoms with E-state index in [1.165, 1.54) is 5.56 Å². The smallest absolute Gasteiger partial charge is 0.303 e. The van der Waals surface area contributed by atoms with Crippen LogP contribution >= 0.6 is 15.9 Å². The molecule has 0 heterocycles. The zero-order valence-electron chi connectivity index (χ0n) is 10.1. The third kappa shape index (κ3) is 6.74. The number of nitrogens with one attached hydrogen (secondary N) is 1. The Balaban J connectivity index is 2.13. The number of hydrogen-bond donors (Lipinski definition) is 3. The second-order valence-corrected chi connectivity index (χ2v) is 5.09. The predicted octanol–water partition coefficient (Wildman–Crippen LogP) is 1.81. The van der Waals surface area contributed by atoms with Crippen LogP contribution in [0.1, 0.15) is 18.4 Å². The first-order valence-electron chi connectivity index (χ1n) is 5.93. The molecule has 1 atom stereocenters. The standard InChI is InChI=1S/C13H18BrNO3/c14-11-3-1-2-10(8-11)6-7-15-9-12(16)4-5-13(17)18/h1-3,8,12,15-16H,4-7,9H2,(H,17,18). The minimum atomic E-state index is -0.872. The molecule has 1 aromatic carbocycles. The molecule has 0 saturated carbocycles. The van der Waals surface area contributed by atoms with Crippen LogP contribution in [0.15, 0.2) is 28.7 Å². The first kappa shape index (κ1) is 15.1. The fourth-order valence-corrected chi connectivity index (χ4v) is 2.03. The van der Waals surface area contributed by atoms with Gasteiger partial charge in [-0.3, -0.25) is 4.79 Å². The number of rotatable bonds is 8. The van der Waals surface area contributed by atoms with Crippen LogP contribution in [0.4, 0.5) is 0 Å². The summed E-state index contributed by atoms with van der Waals surface area (Å²) in [6.07, 6.45) is 0.585. The van der Waals surface area contributed by atoms with Gasteiger partial charge in [-0.05, 0) is 37.1 Å². The van der Waals surface area contributed by atoms with Gasteiger partial charge in [0.05, 0.1) is 6.10 Å². The largest absolute Gasteiger partial charge is 0.481 e. The lowest BCUT2D eigenvalue weighted by Crippen LogP contribution is -2.28. The Morgan fingerprint density at radius 3 is 2.89 bits per heavy atom. The molecule has 1 rings (SSSR count). The molecule has 0 amide bonds. The number of benzene rings is 1. The van der Waals surface area contributed by atoms with Gasteiger partial charge in [0.2, 0.25) is 0 Å². The lowest BCUT2D eigenvalue weighted by atomic mass is 10.1. The number of aliphatic hydroxyl groups is 1. The average molecular weight is 316 g/mol. The third-order valence-corrected chi connectivity index (χ3v) is 3.04. The summed E-state index contributed by atoms with van der Waals surface area (Å²) in [5, 5.41) is 21.1. The fraction of sp³-hybridized carbons (Fsp3) is 0.462. The van der Waals surface area contributed by atoms with E-state index in [1.807, 2.05) is 18.2 Å². The van der Waals surface area contributed by atoms with Crippen molar-refractivity contribution in [2.75, 3.05) is 13.1 Å². The summed E-state index contributed by atoms with van der Waals surface area (Å²) in [7, 11) is 0. The molecule has 0 aromatic heterocycles. The molecule has 1 aromatic rings. The van der Waals surface area contributed by atoms with Crippen molar-refractivity contribution in [3.05, 3.63) is 34.3 Å². The first-order valence-corrected chi connectivity index (χ1v) is 6.72. The quantitative estimate of drug-likeness (QED) is 0.640. The molecule has 0 saturated heterocycles. The lowest BCUT2D eigenvalue weighted by molar-refractivity contribution is -0.137. The Morgan fingerprint density at radius 2 is 2.22 bits per heavy atom. The van der Waals surface area contributed by atoms with Crippen molar-refractivity contribution in [1.29, 1.82) is 0 Å². The van der Waals surface area contributed by atoms with Crippen LogP contribution in [0.25, 0.3) is 0 Å². The molecule has 0 fully saturated rings. The minimum Gasteiger partial charge on any atom is -0.481 e. The van der Waals surface area contributed by atoms with Crippen molar-refractivity contribution >= 4 is 21.9 Å². The van der Waals surface area contributed by atoms with E-state index in [-0.39, 0.29) is 6.42 Å². The molecular weight excluding hydrogens is 298 g/mol. The molecule has 1 unspecified atom stereocenters. The molecular formula is C13H18BrNO3. The van der Waals surface area contributed by atoms with E-state index < -0.39 is 12.1 Å². The molecule has 0 bridgehead atoms. The van der Waals surface area contributed by atoms with Crippen LogP contribution in [0, 0.1) is 0 Å². The van der Waals surface area contributed by atoms with Crippen LogP contribution in [0.5, 0.6) is 0 Å². The summed E-state index contributed by atoms with van der Waals surface area (Å²) in [4.78, 5) is 10.3. The van der Waals surface area contributed by atoms with Gasteiger partial charge in [-0.15, -0.1) is 0 Å². The normalized spacial score (nSPS) is 12.3. The van der Waals surface area contributed by atoms with Gasteiger partial charge in [-0.25, -0.2) is 0 Å². The Morgan fingerprint density at radius 1 is 1.44 bits per heavy atom. The maximum Gasteiger partial charge on any atom is 0.303 e. The topological polar surface area (TPSA) is 69.6 Å². The number of hydrogen-bond acceptors (Lipinski definition) is 3. The molecule has 18 heavy (non-hydrogen) atoms. The van der Waals surface area contributed by atoms with Gasteiger partial charge in [0.15, 0.2) is 0 Å². The maximum atomic E-state index is 10.3. The van der Waals surface area contributed by atoms with Crippen molar-refractivity contribution in [3.8, 4) is 0 Å². The summed E-state index contributed by atoms with van der Waals surface area (Å²) < 4.78 is 1.06. The van der Waals surface area contributed by atoms with E-state index in [1.54, 1.807) is 0 Å². The summed E-state index contributed by atoms with van der Waals surface area (Å²) >= 11 is 3.41. The number of carboxylic acid groups (broad SMARTS) is 1. The molecule has 4 nitrogen and oxygen atoms in total. The highest BCUT2D eigenvalue weighted by molar-refractivity contribution is 9.10. The van der Waals surface area contributed by atoms with Gasteiger partial charge in [-0.1, -0.05) is 28.1 Å². The molecule has 5 heteroatoms. The molecule has 0 aliphatic rings. The van der Waals surface area contributed by atoms with E-state index >= 15 is 0 Å². The van der Waals surface area contributed by atoms with E-state index in [0.29, 0.717) is 13.0 Å². The summed E-state index contributed by atoms with van der Waals surface area (Å²) in [5.74, 6) is -0.872. The van der Waals surface area contributed by atoms with E-state index in [9.17, 15) is 9.90 Å². The van der Waals surface area contributed by atoms with Gasteiger partial charge >= 0.3 is 5.97 Å². The monoisotopic (exact) mass is 315 g/mol. The SMILES string of the molecule is O=C(O)CCC(O)CNCCc1cccc(Br)c1. The average Bonchev–Trinajstić information content (AvgIpc) is 2.32. The van der Waals surface area contributed by atoms with Gasteiger partial charge in [0.25, 0.3) is 0 Å². The molecule has 100 valence electrons. The van der Waals surface area contributed by atoms with Crippen LogP contribution in [-0.4, -0.2) is 35.4 Å². The predicted molar refractivity (Wildman–Crippen MR) is 73.6 cm³/mol. The summed E-state index contributed by atoms with van der Waals surface area (Å²) in [6.45, 7) is 1.20. The van der Waals surface area contributed by atoms with E-state index in [4.69, 9.17) is 5.11 Å². The number of carboxylic acids is 1. The number of halogens is 1. The molecule has 3 N–H and O–H groups in total. The van der Waals surface area contributed by atoms with Crippen LogP contribution in [0.2, 0.25) is 0 Å². The molecule has 0 radical (unpaired) electrons. The molecule has 0 spiro atoms. The summed E-state index contributed by atoms with van der Waals surface area (Å²) in [6, 6.07) is 8.07. The van der Waals surface area contributed by atoms with Crippen molar-refractivity contribution in [1.82, 2.24) is 5.32 Å². The van der Waals surface area contributed by atoms with Crippen LogP contribution < -0.4 is 5.32 Å². The molecule has 0 aliphatic carbocycles. The van der Waals surface area contributed by atoms with Crippen molar-refractivity contribution in [2.45, 2.75) is 25.4 Å². The van der Waals surface area contributed by atoms with Crippen molar-refractivity contribution < 1.29 is 15.0 Å². The highest BCUT2D eigenvalue weighted by atomic mass is 79.9. The van der Waals surface area contributed by atoms with Crippen molar-refractivity contribution in [2.24, 2.45) is 0 Å². The fourth-order valence-electron chi connectivity index (χ4n) is 1.59. The minimum absolute atomic E-state index is 0.00841. The third-order valence-electron chi connectivity index (χ3n) is 2.55. The number of aliphatic carboxylic acids is 1. The Kier molecular flexibility index (Phi) is 6.93. The summed E-state index contributed by atoms with van der Waals surface area (Å²) in [5.41, 5.74) is 1.22. The van der Waals surface area contributed by atoms with Crippen LogP contribution in [-0.2, 0) is 11.2 Å². The Bertz CT molecular complexity index is 384. The number of carbonyl (C=O) groups is 1. The van der Waals surface area contributed by atoms with Crippen LogP contribution in [0.3, 0.4) is 0 Å². The van der Waals surface area contributed by atoms with Gasteiger partial charge in [0, 0.05) is 17.4 Å². The highest BCUT2D eigenvalue weighted by Crippen LogP contribution is 2.11. The van der Waals surface area contributed by atoms with E-state index in [0.717, 1.165) is 17.4 Å². The zero-order chi connectivity index (χ0) is 13.4. The van der Waals surface area contributed by atoms with E-state index in [2.05, 4.69) is 27.3 Å².